The monoisotopic (exact) mass is 472 g/mol. The number of nitrogens with one attached hydrogen (secondary N) is 1. The van der Waals surface area contributed by atoms with Crippen molar-refractivity contribution >= 4 is 11.7 Å². The fourth-order valence-electron chi connectivity index (χ4n) is 6.13. The standard InChI is InChI=1S/C28H41FN2O3/c29-24-7-5-22(6-8-24)28(34)23-14-17-31(18-15-23)16-13-20-1-9-25(10-2-20)30-27(33)19-21-3-11-26(32)12-4-21/h5-8,20-21,23,25-26,32H,1-4,9-19H2,(H,30,33). The third-order valence-corrected chi connectivity index (χ3v) is 8.44. The van der Waals surface area contributed by atoms with Crippen molar-refractivity contribution < 1.29 is 19.1 Å². The Balaban J connectivity index is 1.09. The predicted octanol–water partition coefficient (Wildman–Crippen LogP) is 4.73. The minimum absolute atomic E-state index is 0.0550. The molecule has 0 spiro atoms. The van der Waals surface area contributed by atoms with Crippen LogP contribution in [0.4, 0.5) is 4.39 Å². The topological polar surface area (TPSA) is 69.6 Å². The Hall–Kier alpha value is -1.79. The molecule has 0 radical (unpaired) electrons. The van der Waals surface area contributed by atoms with Crippen molar-refractivity contribution in [2.24, 2.45) is 17.8 Å². The predicted molar refractivity (Wildman–Crippen MR) is 131 cm³/mol. The van der Waals surface area contributed by atoms with Crippen LogP contribution in [0.2, 0.25) is 0 Å². The van der Waals surface area contributed by atoms with Crippen molar-refractivity contribution in [3.63, 3.8) is 0 Å². The number of halogens is 1. The van der Waals surface area contributed by atoms with Gasteiger partial charge in [0.15, 0.2) is 5.78 Å². The molecule has 4 rings (SSSR count). The van der Waals surface area contributed by atoms with E-state index in [1.807, 2.05) is 0 Å². The second-order valence-corrected chi connectivity index (χ2v) is 10.9. The fourth-order valence-corrected chi connectivity index (χ4v) is 6.13. The number of nitrogens with zero attached hydrogens (tertiary/aromatic N) is 1. The number of piperidine rings is 1. The highest BCUT2D eigenvalue weighted by atomic mass is 19.1. The van der Waals surface area contributed by atoms with Crippen LogP contribution in [-0.4, -0.2) is 53.5 Å². The summed E-state index contributed by atoms with van der Waals surface area (Å²) in [7, 11) is 0. The first-order chi connectivity index (χ1) is 16.5. The van der Waals surface area contributed by atoms with Crippen molar-refractivity contribution in [1.29, 1.82) is 0 Å². The lowest BCUT2D eigenvalue weighted by Gasteiger charge is -2.34. The summed E-state index contributed by atoms with van der Waals surface area (Å²) in [5.74, 6) is 1.27. The minimum Gasteiger partial charge on any atom is -0.393 e. The largest absolute Gasteiger partial charge is 0.393 e. The minimum atomic E-state index is -0.302. The molecule has 5 nitrogen and oxygen atoms in total. The summed E-state index contributed by atoms with van der Waals surface area (Å²) < 4.78 is 13.1. The Bertz CT molecular complexity index is 790. The van der Waals surface area contributed by atoms with E-state index >= 15 is 0 Å². The Morgan fingerprint density at radius 3 is 2.15 bits per heavy atom. The number of benzene rings is 1. The summed E-state index contributed by atoms with van der Waals surface area (Å²) in [6.45, 7) is 3.01. The number of likely N-dealkylation sites (tertiary alicyclic amines) is 1. The highest BCUT2D eigenvalue weighted by Crippen LogP contribution is 2.30. The molecule has 3 fully saturated rings. The first kappa shape index (κ1) is 25.3. The molecule has 188 valence electrons. The normalized spacial score (nSPS) is 29.0. The number of aliphatic hydroxyl groups is 1. The molecular weight excluding hydrogens is 431 g/mol. The number of rotatable bonds is 8. The molecule has 0 unspecified atom stereocenters. The molecule has 3 aliphatic rings. The number of amides is 1. The van der Waals surface area contributed by atoms with E-state index in [2.05, 4.69) is 10.2 Å². The fraction of sp³-hybridized carbons (Fsp3) is 0.714. The molecular formula is C28H41FN2O3. The molecule has 2 N–H and O–H groups in total. The van der Waals surface area contributed by atoms with E-state index < -0.39 is 0 Å². The molecule has 0 bridgehead atoms. The van der Waals surface area contributed by atoms with Gasteiger partial charge in [0.1, 0.15) is 5.82 Å². The van der Waals surface area contributed by atoms with E-state index in [9.17, 15) is 19.1 Å². The molecule has 1 aromatic rings. The maximum atomic E-state index is 13.1. The van der Waals surface area contributed by atoms with Gasteiger partial charge >= 0.3 is 0 Å². The highest BCUT2D eigenvalue weighted by Gasteiger charge is 2.28. The van der Waals surface area contributed by atoms with Crippen LogP contribution in [0.5, 0.6) is 0 Å². The summed E-state index contributed by atoms with van der Waals surface area (Å²) in [6.07, 6.45) is 11.6. The molecule has 0 atom stereocenters. The van der Waals surface area contributed by atoms with E-state index in [0.29, 0.717) is 23.9 Å². The molecule has 1 amide bonds. The SMILES string of the molecule is O=C(CC1CCC(O)CC1)NC1CCC(CCN2CCC(C(=O)c3ccc(F)cc3)CC2)CC1. The maximum absolute atomic E-state index is 13.1. The zero-order valence-corrected chi connectivity index (χ0v) is 20.4. The number of Topliss-reactive ketones (excluding diaryl/α,β-unsaturated/α-hetero) is 1. The average Bonchev–Trinajstić information content (AvgIpc) is 2.85. The first-order valence-electron chi connectivity index (χ1n) is 13.5. The summed E-state index contributed by atoms with van der Waals surface area (Å²) in [4.78, 5) is 27.6. The van der Waals surface area contributed by atoms with Crippen molar-refractivity contribution in [3.05, 3.63) is 35.6 Å². The van der Waals surface area contributed by atoms with Gasteiger partial charge in [0.2, 0.25) is 5.91 Å². The van der Waals surface area contributed by atoms with Crippen LogP contribution in [0.3, 0.4) is 0 Å². The molecule has 1 aromatic carbocycles. The van der Waals surface area contributed by atoms with E-state index in [1.165, 1.54) is 31.4 Å². The quantitative estimate of drug-likeness (QED) is 0.537. The van der Waals surface area contributed by atoms with Gasteiger partial charge in [-0.1, -0.05) is 0 Å². The van der Waals surface area contributed by atoms with Crippen LogP contribution in [0, 0.1) is 23.6 Å². The van der Waals surface area contributed by atoms with Crippen LogP contribution in [0.15, 0.2) is 24.3 Å². The van der Waals surface area contributed by atoms with Crippen LogP contribution >= 0.6 is 0 Å². The van der Waals surface area contributed by atoms with Crippen molar-refractivity contribution in [2.75, 3.05) is 19.6 Å². The lowest BCUT2D eigenvalue weighted by atomic mass is 9.83. The molecule has 1 heterocycles. The van der Waals surface area contributed by atoms with Gasteiger partial charge in [0, 0.05) is 23.9 Å². The summed E-state index contributed by atoms with van der Waals surface area (Å²) in [5.41, 5.74) is 0.626. The van der Waals surface area contributed by atoms with Gasteiger partial charge < -0.3 is 15.3 Å². The maximum Gasteiger partial charge on any atom is 0.220 e. The highest BCUT2D eigenvalue weighted by molar-refractivity contribution is 5.97. The van der Waals surface area contributed by atoms with Crippen LogP contribution in [-0.2, 0) is 4.79 Å². The zero-order valence-electron chi connectivity index (χ0n) is 20.4. The number of aliphatic hydroxyl groups excluding tert-OH is 1. The molecule has 2 saturated carbocycles. The van der Waals surface area contributed by atoms with Gasteiger partial charge in [-0.05, 0) is 126 Å². The first-order valence-corrected chi connectivity index (χ1v) is 13.5. The number of hydrogen-bond donors (Lipinski definition) is 2. The number of carbonyl (C=O) groups is 2. The molecule has 2 aliphatic carbocycles. The van der Waals surface area contributed by atoms with E-state index in [0.717, 1.165) is 76.9 Å². The van der Waals surface area contributed by atoms with E-state index in [-0.39, 0.29) is 29.5 Å². The smallest absolute Gasteiger partial charge is 0.220 e. The second kappa shape index (κ2) is 12.3. The van der Waals surface area contributed by atoms with Crippen molar-refractivity contribution in [2.45, 2.75) is 89.2 Å². The molecule has 0 aromatic heterocycles. The third-order valence-electron chi connectivity index (χ3n) is 8.44. The lowest BCUT2D eigenvalue weighted by Crippen LogP contribution is -2.40. The second-order valence-electron chi connectivity index (χ2n) is 10.9. The summed E-state index contributed by atoms with van der Waals surface area (Å²) in [6, 6.07) is 6.26. The lowest BCUT2D eigenvalue weighted by molar-refractivity contribution is -0.123. The molecule has 34 heavy (non-hydrogen) atoms. The van der Waals surface area contributed by atoms with Gasteiger partial charge in [0.05, 0.1) is 6.10 Å². The number of ketones is 1. The third kappa shape index (κ3) is 7.35. The Morgan fingerprint density at radius 2 is 1.50 bits per heavy atom. The van der Waals surface area contributed by atoms with Gasteiger partial charge in [0.25, 0.3) is 0 Å². The molecule has 1 saturated heterocycles. The van der Waals surface area contributed by atoms with Crippen molar-refractivity contribution in [3.8, 4) is 0 Å². The van der Waals surface area contributed by atoms with E-state index in [4.69, 9.17) is 0 Å². The van der Waals surface area contributed by atoms with Crippen molar-refractivity contribution in [1.82, 2.24) is 10.2 Å². The van der Waals surface area contributed by atoms with Gasteiger partial charge in [-0.25, -0.2) is 4.39 Å². The van der Waals surface area contributed by atoms with Crippen LogP contribution in [0.1, 0.15) is 87.4 Å². The zero-order chi connectivity index (χ0) is 23.9. The Kier molecular flexibility index (Phi) is 9.12. The molecule has 1 aliphatic heterocycles. The van der Waals surface area contributed by atoms with Gasteiger partial charge in [-0.3, -0.25) is 9.59 Å². The summed E-state index contributed by atoms with van der Waals surface area (Å²) >= 11 is 0. The number of carbonyl (C=O) groups excluding carboxylic acids is 2. The molecule has 6 heteroatoms. The number of hydrogen-bond acceptors (Lipinski definition) is 4. The van der Waals surface area contributed by atoms with Crippen LogP contribution < -0.4 is 5.32 Å². The Labute approximate surface area is 203 Å². The van der Waals surface area contributed by atoms with E-state index in [1.54, 1.807) is 12.1 Å². The van der Waals surface area contributed by atoms with Gasteiger partial charge in [-0.2, -0.15) is 0 Å². The van der Waals surface area contributed by atoms with Gasteiger partial charge in [-0.15, -0.1) is 0 Å². The average molecular weight is 473 g/mol. The summed E-state index contributed by atoms with van der Waals surface area (Å²) in [5, 5.41) is 12.9. The van der Waals surface area contributed by atoms with Crippen LogP contribution in [0.25, 0.3) is 0 Å². The Morgan fingerprint density at radius 1 is 0.882 bits per heavy atom.